The Morgan fingerprint density at radius 1 is 1.19 bits per heavy atom. The standard InChI is InChI=1S/C19H20Cl2N4O2/c1-13(26)14-2-4-16(5-3-14)25-8-6-24(7-9-25)12-18(27)23-19-17(21)10-15(20)11-22-19/h2-5,10-11H,6-9,12H2,1H3,(H,22,23,27)/p+1. The normalized spacial score (nSPS) is 14.9. The lowest BCUT2D eigenvalue weighted by Gasteiger charge is -2.33. The third-order valence-corrected chi connectivity index (χ3v) is 5.08. The maximum absolute atomic E-state index is 12.3. The zero-order valence-corrected chi connectivity index (χ0v) is 16.5. The molecule has 0 spiro atoms. The number of carbonyl (C=O) groups excluding carboxylic acids is 2. The van der Waals surface area contributed by atoms with Gasteiger partial charge in [-0.15, -0.1) is 0 Å². The van der Waals surface area contributed by atoms with Crippen molar-refractivity contribution >= 4 is 46.4 Å². The quantitative estimate of drug-likeness (QED) is 0.743. The Kier molecular flexibility index (Phi) is 6.31. The maximum atomic E-state index is 12.3. The van der Waals surface area contributed by atoms with Gasteiger partial charge in [-0.2, -0.15) is 0 Å². The number of nitrogens with zero attached hydrogens (tertiary/aromatic N) is 2. The van der Waals surface area contributed by atoms with Crippen LogP contribution in [0, 0.1) is 0 Å². The van der Waals surface area contributed by atoms with Crippen LogP contribution in [0.3, 0.4) is 0 Å². The topological polar surface area (TPSA) is 66.7 Å². The van der Waals surface area contributed by atoms with Gasteiger partial charge < -0.3 is 15.1 Å². The number of aromatic nitrogens is 1. The number of quaternary nitrogens is 1. The Morgan fingerprint density at radius 2 is 1.85 bits per heavy atom. The largest absolute Gasteiger partial charge is 0.360 e. The second kappa shape index (κ2) is 8.69. The highest BCUT2D eigenvalue weighted by Crippen LogP contribution is 2.22. The molecule has 1 aromatic carbocycles. The van der Waals surface area contributed by atoms with Gasteiger partial charge in [-0.25, -0.2) is 4.98 Å². The number of rotatable bonds is 5. The molecule has 1 amide bonds. The van der Waals surface area contributed by atoms with Crippen molar-refractivity contribution < 1.29 is 14.5 Å². The van der Waals surface area contributed by atoms with Crippen molar-refractivity contribution in [1.82, 2.24) is 4.98 Å². The van der Waals surface area contributed by atoms with Crippen molar-refractivity contribution in [2.75, 3.05) is 42.9 Å². The fourth-order valence-electron chi connectivity index (χ4n) is 3.07. The van der Waals surface area contributed by atoms with Gasteiger partial charge in [0, 0.05) is 17.4 Å². The molecule has 1 fully saturated rings. The summed E-state index contributed by atoms with van der Waals surface area (Å²) in [6.45, 7) is 5.32. The van der Waals surface area contributed by atoms with Crippen LogP contribution in [-0.4, -0.2) is 49.4 Å². The highest BCUT2D eigenvalue weighted by atomic mass is 35.5. The van der Waals surface area contributed by atoms with Crippen molar-refractivity contribution in [3.63, 3.8) is 0 Å². The molecule has 1 saturated heterocycles. The van der Waals surface area contributed by atoms with E-state index in [-0.39, 0.29) is 11.7 Å². The molecule has 1 aliphatic rings. The number of piperazine rings is 1. The van der Waals surface area contributed by atoms with Gasteiger partial charge in [0.05, 0.1) is 36.2 Å². The number of nitrogens with one attached hydrogen (secondary N) is 2. The van der Waals surface area contributed by atoms with Crippen LogP contribution in [-0.2, 0) is 4.79 Å². The summed E-state index contributed by atoms with van der Waals surface area (Å²) >= 11 is 11.8. The van der Waals surface area contributed by atoms with Crippen LogP contribution in [0.5, 0.6) is 0 Å². The number of anilines is 2. The minimum absolute atomic E-state index is 0.0668. The van der Waals surface area contributed by atoms with Crippen molar-refractivity contribution in [3.05, 3.63) is 52.1 Å². The monoisotopic (exact) mass is 407 g/mol. The van der Waals surface area contributed by atoms with Gasteiger partial charge in [0.1, 0.15) is 0 Å². The van der Waals surface area contributed by atoms with Crippen LogP contribution < -0.4 is 15.1 Å². The summed E-state index contributed by atoms with van der Waals surface area (Å²) in [5.41, 5.74) is 1.81. The summed E-state index contributed by atoms with van der Waals surface area (Å²) in [4.78, 5) is 31.1. The molecule has 1 aromatic heterocycles. The lowest BCUT2D eigenvalue weighted by molar-refractivity contribution is -0.892. The Morgan fingerprint density at radius 3 is 2.44 bits per heavy atom. The molecule has 3 rings (SSSR count). The number of Topliss-reactive ketones (excluding diaryl/α,β-unsaturated/α-hetero) is 1. The first kappa shape index (κ1) is 19.6. The average Bonchev–Trinajstić information content (AvgIpc) is 2.65. The third kappa shape index (κ3) is 5.19. The Labute approximate surface area is 168 Å². The molecule has 0 saturated carbocycles. The highest BCUT2D eigenvalue weighted by Gasteiger charge is 2.23. The predicted octanol–water partition coefficient (Wildman–Crippen LogP) is 1.93. The van der Waals surface area contributed by atoms with Gasteiger partial charge in [0.2, 0.25) is 0 Å². The molecule has 0 radical (unpaired) electrons. The van der Waals surface area contributed by atoms with Gasteiger partial charge in [0.15, 0.2) is 18.1 Å². The summed E-state index contributed by atoms with van der Waals surface area (Å²) in [5.74, 6) is 0.271. The summed E-state index contributed by atoms with van der Waals surface area (Å²) < 4.78 is 0. The van der Waals surface area contributed by atoms with E-state index < -0.39 is 0 Å². The van der Waals surface area contributed by atoms with Crippen LogP contribution in [0.4, 0.5) is 11.5 Å². The zero-order valence-electron chi connectivity index (χ0n) is 15.0. The fourth-order valence-corrected chi connectivity index (χ4v) is 3.50. The second-order valence-corrected chi connectivity index (χ2v) is 7.39. The molecule has 0 aliphatic carbocycles. The molecule has 142 valence electrons. The SMILES string of the molecule is CC(=O)c1ccc(N2CC[NH+](CC(=O)Nc3ncc(Cl)cc3Cl)CC2)cc1. The van der Waals surface area contributed by atoms with E-state index in [9.17, 15) is 9.59 Å². The number of amides is 1. The predicted molar refractivity (Wildman–Crippen MR) is 107 cm³/mol. The number of hydrogen-bond acceptors (Lipinski definition) is 4. The van der Waals surface area contributed by atoms with E-state index in [0.29, 0.717) is 28.0 Å². The Bertz CT molecular complexity index is 834. The van der Waals surface area contributed by atoms with Crippen molar-refractivity contribution in [3.8, 4) is 0 Å². The molecule has 0 atom stereocenters. The minimum atomic E-state index is -0.124. The molecule has 2 N–H and O–H groups in total. The van der Waals surface area contributed by atoms with E-state index in [1.54, 1.807) is 13.0 Å². The van der Waals surface area contributed by atoms with Crippen molar-refractivity contribution in [2.24, 2.45) is 0 Å². The van der Waals surface area contributed by atoms with E-state index in [2.05, 4.69) is 15.2 Å². The molecule has 2 aromatic rings. The van der Waals surface area contributed by atoms with Gasteiger partial charge in [0.25, 0.3) is 5.91 Å². The van der Waals surface area contributed by atoms with Gasteiger partial charge in [-0.3, -0.25) is 9.59 Å². The summed E-state index contributed by atoms with van der Waals surface area (Å²) in [7, 11) is 0. The lowest BCUT2D eigenvalue weighted by atomic mass is 10.1. The first-order valence-corrected chi connectivity index (χ1v) is 9.48. The van der Waals surface area contributed by atoms with Crippen LogP contribution in [0.25, 0.3) is 0 Å². The lowest BCUT2D eigenvalue weighted by Crippen LogP contribution is -3.15. The number of ketones is 1. The average molecular weight is 408 g/mol. The molecule has 0 unspecified atom stereocenters. The van der Waals surface area contributed by atoms with E-state index in [4.69, 9.17) is 23.2 Å². The number of hydrogen-bond donors (Lipinski definition) is 2. The number of carbonyl (C=O) groups is 2. The van der Waals surface area contributed by atoms with E-state index in [0.717, 1.165) is 31.9 Å². The summed E-state index contributed by atoms with van der Waals surface area (Å²) in [6.07, 6.45) is 1.45. The smallest absolute Gasteiger partial charge is 0.280 e. The molecular weight excluding hydrogens is 387 g/mol. The first-order chi connectivity index (χ1) is 12.9. The fraction of sp³-hybridized carbons (Fsp3) is 0.316. The molecule has 2 heterocycles. The zero-order chi connectivity index (χ0) is 19.4. The molecular formula is C19H21Cl2N4O2+. The number of benzene rings is 1. The van der Waals surface area contributed by atoms with E-state index in [1.165, 1.54) is 11.1 Å². The van der Waals surface area contributed by atoms with Crippen molar-refractivity contribution in [2.45, 2.75) is 6.92 Å². The molecule has 27 heavy (non-hydrogen) atoms. The Hall–Kier alpha value is -2.15. The van der Waals surface area contributed by atoms with Gasteiger partial charge in [-0.05, 0) is 37.3 Å². The first-order valence-electron chi connectivity index (χ1n) is 8.73. The Balaban J connectivity index is 1.50. The molecule has 1 aliphatic heterocycles. The molecule has 8 heteroatoms. The van der Waals surface area contributed by atoms with Gasteiger partial charge >= 0.3 is 0 Å². The van der Waals surface area contributed by atoms with Crippen LogP contribution in [0.15, 0.2) is 36.5 Å². The highest BCUT2D eigenvalue weighted by molar-refractivity contribution is 6.36. The summed E-state index contributed by atoms with van der Waals surface area (Å²) in [6, 6.07) is 9.21. The number of pyridine rings is 1. The van der Waals surface area contributed by atoms with Crippen LogP contribution in [0.2, 0.25) is 10.0 Å². The minimum Gasteiger partial charge on any atom is -0.360 e. The third-order valence-electron chi connectivity index (χ3n) is 4.59. The second-order valence-electron chi connectivity index (χ2n) is 6.55. The number of halogens is 2. The van der Waals surface area contributed by atoms with Gasteiger partial charge in [-0.1, -0.05) is 23.2 Å². The van der Waals surface area contributed by atoms with Crippen LogP contribution >= 0.6 is 23.2 Å². The summed E-state index contributed by atoms with van der Waals surface area (Å²) in [5, 5.41) is 3.49. The van der Waals surface area contributed by atoms with Crippen LogP contribution in [0.1, 0.15) is 17.3 Å². The van der Waals surface area contributed by atoms with E-state index >= 15 is 0 Å². The maximum Gasteiger partial charge on any atom is 0.280 e. The van der Waals surface area contributed by atoms with Crippen molar-refractivity contribution in [1.29, 1.82) is 0 Å². The molecule has 6 nitrogen and oxygen atoms in total. The molecule has 0 bridgehead atoms. The van der Waals surface area contributed by atoms with E-state index in [1.807, 2.05) is 24.3 Å².